The Bertz CT molecular complexity index is 423. The molecule has 4 nitrogen and oxygen atoms in total. The van der Waals surface area contributed by atoms with E-state index in [0.29, 0.717) is 19.3 Å². The minimum Gasteiger partial charge on any atom is -0.295 e. The van der Waals surface area contributed by atoms with E-state index in [2.05, 4.69) is 0 Å². The summed E-state index contributed by atoms with van der Waals surface area (Å²) in [5, 5.41) is 10.9. The van der Waals surface area contributed by atoms with E-state index in [9.17, 15) is 14.8 Å². The Morgan fingerprint density at radius 2 is 1.78 bits per heavy atom. The smallest absolute Gasteiger partial charge is 0.260 e. The molecule has 1 unspecified atom stereocenters. The van der Waals surface area contributed by atoms with Gasteiger partial charge < -0.3 is 0 Å². The standard InChI is InChI=1S/C14H19NO3/c16-11-13(7-3-1-4-8-13)12(17)15(18)14(11)9-5-2-6-10-14/h5,9,18H,1-4,6-8,10H2. The average molecular weight is 249 g/mol. The Balaban J connectivity index is 2.05. The van der Waals surface area contributed by atoms with Gasteiger partial charge in [0.2, 0.25) is 0 Å². The van der Waals surface area contributed by atoms with Gasteiger partial charge in [-0.15, -0.1) is 0 Å². The van der Waals surface area contributed by atoms with Crippen molar-refractivity contribution in [2.24, 2.45) is 5.41 Å². The van der Waals surface area contributed by atoms with E-state index >= 15 is 0 Å². The number of carbonyl (C=O) groups excluding carboxylic acids is 2. The van der Waals surface area contributed by atoms with Crippen molar-refractivity contribution in [2.45, 2.75) is 56.9 Å². The van der Waals surface area contributed by atoms with Gasteiger partial charge in [-0.25, -0.2) is 5.06 Å². The zero-order chi connectivity index (χ0) is 12.8. The van der Waals surface area contributed by atoms with Gasteiger partial charge in [-0.05, 0) is 32.1 Å². The van der Waals surface area contributed by atoms with E-state index in [0.717, 1.165) is 37.2 Å². The first-order valence-corrected chi connectivity index (χ1v) is 6.90. The first-order valence-electron chi connectivity index (χ1n) is 6.90. The highest BCUT2D eigenvalue weighted by Crippen LogP contribution is 2.50. The molecular weight excluding hydrogens is 230 g/mol. The van der Waals surface area contributed by atoms with Gasteiger partial charge in [0.05, 0.1) is 0 Å². The lowest BCUT2D eigenvalue weighted by Crippen LogP contribution is -2.47. The average Bonchev–Trinajstić information content (AvgIpc) is 2.57. The summed E-state index contributed by atoms with van der Waals surface area (Å²) in [5.74, 6) is -0.420. The molecule has 1 saturated heterocycles. The highest BCUT2D eigenvalue weighted by Gasteiger charge is 2.65. The second kappa shape index (κ2) is 3.92. The van der Waals surface area contributed by atoms with E-state index in [-0.39, 0.29) is 11.7 Å². The number of ketones is 1. The van der Waals surface area contributed by atoms with Gasteiger partial charge in [-0.3, -0.25) is 14.8 Å². The molecule has 3 rings (SSSR count). The molecule has 1 N–H and O–H groups in total. The minimum atomic E-state index is -1.05. The van der Waals surface area contributed by atoms with Crippen LogP contribution in [-0.4, -0.2) is 27.5 Å². The molecule has 1 amide bonds. The second-order valence-electron chi connectivity index (χ2n) is 5.81. The van der Waals surface area contributed by atoms with Crippen LogP contribution in [0, 0.1) is 5.41 Å². The molecule has 2 fully saturated rings. The number of hydroxylamine groups is 2. The third-order valence-corrected chi connectivity index (χ3v) is 4.84. The zero-order valence-corrected chi connectivity index (χ0v) is 10.5. The van der Waals surface area contributed by atoms with E-state index in [1.54, 1.807) is 6.08 Å². The van der Waals surface area contributed by atoms with Crippen LogP contribution in [-0.2, 0) is 9.59 Å². The fourth-order valence-electron chi connectivity index (χ4n) is 3.80. The maximum Gasteiger partial charge on any atom is 0.260 e. The van der Waals surface area contributed by atoms with Gasteiger partial charge in [0, 0.05) is 0 Å². The van der Waals surface area contributed by atoms with Gasteiger partial charge in [0.25, 0.3) is 5.91 Å². The normalized spacial score (nSPS) is 34.8. The summed E-state index contributed by atoms with van der Waals surface area (Å²) in [6, 6.07) is 0. The number of allylic oxidation sites excluding steroid dienone is 1. The number of Topliss-reactive ketones (excluding diaryl/α,β-unsaturated/α-hetero) is 1. The summed E-state index contributed by atoms with van der Waals surface area (Å²) < 4.78 is 0. The van der Waals surface area contributed by atoms with Crippen LogP contribution in [0.2, 0.25) is 0 Å². The predicted molar refractivity (Wildman–Crippen MR) is 64.9 cm³/mol. The van der Waals surface area contributed by atoms with Crippen molar-refractivity contribution in [3.05, 3.63) is 12.2 Å². The lowest BCUT2D eigenvalue weighted by Gasteiger charge is -2.32. The summed E-state index contributed by atoms with van der Waals surface area (Å²) in [6.07, 6.45) is 10.1. The van der Waals surface area contributed by atoms with Crippen molar-refractivity contribution < 1.29 is 14.8 Å². The molecule has 18 heavy (non-hydrogen) atoms. The van der Waals surface area contributed by atoms with E-state index < -0.39 is 11.0 Å². The van der Waals surface area contributed by atoms with E-state index in [4.69, 9.17) is 0 Å². The molecule has 4 heteroatoms. The third kappa shape index (κ3) is 1.30. The van der Waals surface area contributed by atoms with Crippen molar-refractivity contribution in [3.63, 3.8) is 0 Å². The molecule has 0 aromatic carbocycles. The van der Waals surface area contributed by atoms with Crippen LogP contribution in [0.15, 0.2) is 12.2 Å². The van der Waals surface area contributed by atoms with Crippen molar-refractivity contribution in [3.8, 4) is 0 Å². The third-order valence-electron chi connectivity index (χ3n) is 4.84. The van der Waals surface area contributed by atoms with Crippen LogP contribution < -0.4 is 0 Å². The fourth-order valence-corrected chi connectivity index (χ4v) is 3.80. The Morgan fingerprint density at radius 3 is 2.39 bits per heavy atom. The molecule has 0 bridgehead atoms. The molecule has 1 heterocycles. The summed E-state index contributed by atoms with van der Waals surface area (Å²) in [4.78, 5) is 25.2. The van der Waals surface area contributed by atoms with Crippen molar-refractivity contribution in [1.29, 1.82) is 0 Å². The number of rotatable bonds is 0. The molecule has 0 radical (unpaired) electrons. The molecule has 2 spiro atoms. The van der Waals surface area contributed by atoms with Crippen LogP contribution in [0.4, 0.5) is 0 Å². The van der Waals surface area contributed by atoms with Crippen LogP contribution in [0.25, 0.3) is 0 Å². The van der Waals surface area contributed by atoms with E-state index in [1.807, 2.05) is 6.08 Å². The molecule has 1 atom stereocenters. The van der Waals surface area contributed by atoms with Gasteiger partial charge in [-0.1, -0.05) is 31.4 Å². The van der Waals surface area contributed by atoms with Crippen LogP contribution in [0.5, 0.6) is 0 Å². The van der Waals surface area contributed by atoms with Crippen LogP contribution in [0.3, 0.4) is 0 Å². The monoisotopic (exact) mass is 249 g/mol. The first-order chi connectivity index (χ1) is 8.63. The molecule has 0 aromatic rings. The Morgan fingerprint density at radius 1 is 1.06 bits per heavy atom. The van der Waals surface area contributed by atoms with Crippen LogP contribution >= 0.6 is 0 Å². The SMILES string of the molecule is O=C1N(O)C2(C=CCCC2)C(=O)C12CCCCC2. The Labute approximate surface area is 107 Å². The zero-order valence-electron chi connectivity index (χ0n) is 10.5. The molecule has 2 aliphatic carbocycles. The predicted octanol–water partition coefficient (Wildman–Crippen LogP) is 2.22. The summed E-state index contributed by atoms with van der Waals surface area (Å²) in [6.45, 7) is 0. The molecule has 1 aliphatic heterocycles. The minimum absolute atomic E-state index is 0.0573. The number of nitrogens with zero attached hydrogens (tertiary/aromatic N) is 1. The fraction of sp³-hybridized carbons (Fsp3) is 0.714. The summed E-state index contributed by atoms with van der Waals surface area (Å²) in [5.41, 5.74) is -1.97. The molecule has 1 saturated carbocycles. The van der Waals surface area contributed by atoms with Gasteiger partial charge in [-0.2, -0.15) is 0 Å². The molecule has 98 valence electrons. The topological polar surface area (TPSA) is 57.6 Å². The van der Waals surface area contributed by atoms with E-state index in [1.165, 1.54) is 0 Å². The maximum absolute atomic E-state index is 12.8. The van der Waals surface area contributed by atoms with Crippen molar-refractivity contribution >= 4 is 11.7 Å². The number of hydrogen-bond donors (Lipinski definition) is 1. The van der Waals surface area contributed by atoms with Gasteiger partial charge in [0.15, 0.2) is 5.78 Å². The summed E-state index contributed by atoms with van der Waals surface area (Å²) >= 11 is 0. The molecular formula is C14H19NO3. The lowest BCUT2D eigenvalue weighted by molar-refractivity contribution is -0.180. The molecule has 0 aromatic heterocycles. The Kier molecular flexibility index (Phi) is 2.59. The van der Waals surface area contributed by atoms with Crippen LogP contribution in [0.1, 0.15) is 51.4 Å². The quantitative estimate of drug-likeness (QED) is 0.407. The Hall–Kier alpha value is -1.16. The number of amides is 1. The van der Waals surface area contributed by atoms with Crippen molar-refractivity contribution in [1.82, 2.24) is 5.06 Å². The lowest BCUT2D eigenvalue weighted by atomic mass is 9.67. The second-order valence-corrected chi connectivity index (χ2v) is 5.81. The largest absolute Gasteiger partial charge is 0.295 e. The molecule has 3 aliphatic rings. The number of hydrogen-bond acceptors (Lipinski definition) is 3. The first kappa shape index (κ1) is 11.9. The highest BCUT2D eigenvalue weighted by molar-refractivity contribution is 6.17. The van der Waals surface area contributed by atoms with Gasteiger partial charge >= 0.3 is 0 Å². The number of carbonyl (C=O) groups is 2. The highest BCUT2D eigenvalue weighted by atomic mass is 16.5. The summed E-state index contributed by atoms with van der Waals surface area (Å²) in [7, 11) is 0. The van der Waals surface area contributed by atoms with Crippen molar-refractivity contribution in [2.75, 3.05) is 0 Å². The maximum atomic E-state index is 12.8. The van der Waals surface area contributed by atoms with Gasteiger partial charge in [0.1, 0.15) is 11.0 Å².